The first-order chi connectivity index (χ1) is 17.0. The van der Waals surface area contributed by atoms with Gasteiger partial charge in [0.15, 0.2) is 11.5 Å². The van der Waals surface area contributed by atoms with Gasteiger partial charge in [0.25, 0.3) is 0 Å². The van der Waals surface area contributed by atoms with Crippen LogP contribution in [0.15, 0.2) is 82.6 Å². The number of rotatable bonds is 11. The van der Waals surface area contributed by atoms with Crippen molar-refractivity contribution in [1.82, 2.24) is 4.31 Å². The number of carbonyl (C=O) groups is 1. The van der Waals surface area contributed by atoms with Crippen LogP contribution in [0.2, 0.25) is 0 Å². The van der Waals surface area contributed by atoms with Crippen LogP contribution in [0.25, 0.3) is 0 Å². The van der Waals surface area contributed by atoms with E-state index in [4.69, 9.17) is 14.6 Å². The first kappa shape index (κ1) is 27.1. The van der Waals surface area contributed by atoms with Crippen LogP contribution in [0.4, 0.5) is 5.69 Å². The van der Waals surface area contributed by atoms with Crippen molar-refractivity contribution >= 4 is 31.6 Å². The van der Waals surface area contributed by atoms with Crippen LogP contribution < -0.4 is 19.9 Å². The second kappa shape index (κ2) is 11.5. The quantitative estimate of drug-likeness (QED) is 0.384. The van der Waals surface area contributed by atoms with Gasteiger partial charge in [-0.2, -0.15) is 4.31 Å². The summed E-state index contributed by atoms with van der Waals surface area (Å²) in [5, 5.41) is 7.68. The van der Waals surface area contributed by atoms with Crippen molar-refractivity contribution in [1.29, 1.82) is 0 Å². The number of benzene rings is 3. The number of carbonyl (C=O) groups excluding carboxylic acids is 1. The van der Waals surface area contributed by atoms with Gasteiger partial charge in [0.1, 0.15) is 0 Å². The van der Waals surface area contributed by atoms with E-state index in [1.807, 2.05) is 30.3 Å². The third-order valence-corrected chi connectivity index (χ3v) is 8.04. The van der Waals surface area contributed by atoms with E-state index in [-0.39, 0.29) is 22.1 Å². The monoisotopic (exact) mass is 533 g/mol. The number of hydrogen-bond donors (Lipinski definition) is 2. The number of amides is 1. The highest BCUT2D eigenvalue weighted by Crippen LogP contribution is 2.30. The molecule has 36 heavy (non-hydrogen) atoms. The van der Waals surface area contributed by atoms with Gasteiger partial charge >= 0.3 is 0 Å². The minimum absolute atomic E-state index is 0.0401. The Bertz CT molecular complexity index is 1410. The summed E-state index contributed by atoms with van der Waals surface area (Å²) in [5.41, 5.74) is 1.20. The molecule has 0 aliphatic rings. The number of hydrogen-bond acceptors (Lipinski definition) is 7. The fourth-order valence-electron chi connectivity index (χ4n) is 3.40. The Morgan fingerprint density at radius 2 is 1.47 bits per heavy atom. The zero-order valence-corrected chi connectivity index (χ0v) is 21.4. The number of nitrogens with one attached hydrogen (secondary N) is 1. The van der Waals surface area contributed by atoms with Crippen molar-refractivity contribution in [2.24, 2.45) is 5.14 Å². The summed E-state index contributed by atoms with van der Waals surface area (Å²) in [5.74, 6) is 0.00409. The third kappa shape index (κ3) is 6.82. The summed E-state index contributed by atoms with van der Waals surface area (Å²) in [4.78, 5) is 12.6. The lowest BCUT2D eigenvalue weighted by atomic mass is 10.1. The van der Waals surface area contributed by atoms with Crippen molar-refractivity contribution in [2.45, 2.75) is 16.2 Å². The van der Waals surface area contributed by atoms with Crippen LogP contribution in [0, 0.1) is 0 Å². The van der Waals surface area contributed by atoms with E-state index < -0.39 is 32.5 Å². The fraction of sp³-hybridized carbons (Fsp3) is 0.208. The minimum atomic E-state index is -4.10. The third-order valence-electron chi connectivity index (χ3n) is 5.27. The first-order valence-electron chi connectivity index (χ1n) is 10.7. The molecule has 0 aliphatic heterocycles. The molecule has 0 bridgehead atoms. The molecule has 0 atom stereocenters. The summed E-state index contributed by atoms with van der Waals surface area (Å²) >= 11 is 0. The van der Waals surface area contributed by atoms with Gasteiger partial charge in [-0.3, -0.25) is 4.79 Å². The zero-order chi connectivity index (χ0) is 26.3. The number of methoxy groups -OCH3 is 2. The van der Waals surface area contributed by atoms with Gasteiger partial charge in [0, 0.05) is 18.3 Å². The molecule has 192 valence electrons. The van der Waals surface area contributed by atoms with Crippen LogP contribution in [0.3, 0.4) is 0 Å². The Morgan fingerprint density at radius 3 is 2.06 bits per heavy atom. The maximum atomic E-state index is 13.5. The molecule has 0 aromatic heterocycles. The van der Waals surface area contributed by atoms with E-state index >= 15 is 0 Å². The molecular formula is C24H27N3O7S2. The van der Waals surface area contributed by atoms with Crippen molar-refractivity contribution in [3.05, 3.63) is 78.4 Å². The maximum Gasteiger partial charge on any atom is 0.243 e. The van der Waals surface area contributed by atoms with Crippen molar-refractivity contribution in [3.8, 4) is 11.5 Å². The average Bonchev–Trinajstić information content (AvgIpc) is 2.86. The Morgan fingerprint density at radius 1 is 0.861 bits per heavy atom. The van der Waals surface area contributed by atoms with Crippen LogP contribution in [-0.4, -0.2) is 54.4 Å². The first-order valence-corrected chi connectivity index (χ1v) is 13.7. The lowest BCUT2D eigenvalue weighted by molar-refractivity contribution is -0.116. The molecule has 1 amide bonds. The maximum absolute atomic E-state index is 13.5. The molecule has 0 saturated carbocycles. The molecular weight excluding hydrogens is 506 g/mol. The molecule has 10 nitrogen and oxygen atoms in total. The Balaban J connectivity index is 1.85. The Kier molecular flexibility index (Phi) is 8.69. The topological polar surface area (TPSA) is 145 Å². The molecule has 0 fully saturated rings. The molecule has 0 spiro atoms. The summed E-state index contributed by atoms with van der Waals surface area (Å²) in [6.45, 7) is -0.432. The second-order valence-corrected chi connectivity index (χ2v) is 11.2. The predicted molar refractivity (Wildman–Crippen MR) is 135 cm³/mol. The molecule has 0 heterocycles. The van der Waals surface area contributed by atoms with Crippen molar-refractivity contribution < 1.29 is 31.1 Å². The lowest BCUT2D eigenvalue weighted by Crippen LogP contribution is -2.39. The van der Waals surface area contributed by atoms with Gasteiger partial charge in [-0.15, -0.1) is 0 Å². The molecule has 12 heteroatoms. The number of primary sulfonamides is 1. The summed E-state index contributed by atoms with van der Waals surface area (Å²) in [7, 11) is -5.14. The van der Waals surface area contributed by atoms with Crippen molar-refractivity contribution in [3.63, 3.8) is 0 Å². The predicted octanol–water partition coefficient (Wildman–Crippen LogP) is 2.22. The summed E-state index contributed by atoms with van der Waals surface area (Å²) < 4.78 is 61.4. The molecule has 3 aromatic carbocycles. The van der Waals surface area contributed by atoms with Crippen LogP contribution in [0.1, 0.15) is 5.56 Å². The zero-order valence-electron chi connectivity index (χ0n) is 19.7. The Labute approximate surface area is 210 Å². The van der Waals surface area contributed by atoms with E-state index in [1.54, 1.807) is 0 Å². The molecule has 3 rings (SSSR count). The largest absolute Gasteiger partial charge is 0.493 e. The molecule has 3 N–H and O–H groups in total. The highest BCUT2D eigenvalue weighted by molar-refractivity contribution is 7.89. The molecule has 0 radical (unpaired) electrons. The highest BCUT2D eigenvalue weighted by Gasteiger charge is 2.28. The number of nitrogens with zero attached hydrogens (tertiary/aromatic N) is 1. The van der Waals surface area contributed by atoms with E-state index in [0.717, 1.165) is 9.87 Å². The van der Waals surface area contributed by atoms with Gasteiger partial charge in [-0.1, -0.05) is 30.3 Å². The van der Waals surface area contributed by atoms with Crippen LogP contribution in [0.5, 0.6) is 11.5 Å². The van der Waals surface area contributed by atoms with Gasteiger partial charge in [0.05, 0.1) is 30.6 Å². The standard InChI is InChI=1S/C24H27N3O7S2/c1-33-22-13-12-21(16-23(22)34-2)36(31,32)27(15-14-18-6-4-3-5-7-18)17-24(28)26-19-8-10-20(11-9-19)35(25,29)30/h3-13,16H,14-15,17H2,1-2H3,(H,26,28)(H2,25,29,30). The lowest BCUT2D eigenvalue weighted by Gasteiger charge is -2.22. The normalized spacial score (nSPS) is 11.8. The average molecular weight is 534 g/mol. The van der Waals surface area contributed by atoms with E-state index in [1.165, 1.54) is 56.7 Å². The van der Waals surface area contributed by atoms with Gasteiger partial charge < -0.3 is 14.8 Å². The second-order valence-electron chi connectivity index (χ2n) is 7.71. The van der Waals surface area contributed by atoms with Gasteiger partial charge in [-0.05, 0) is 48.4 Å². The highest BCUT2D eigenvalue weighted by atomic mass is 32.2. The van der Waals surface area contributed by atoms with Crippen molar-refractivity contribution in [2.75, 3.05) is 32.6 Å². The summed E-state index contributed by atoms with van der Waals surface area (Å²) in [6.07, 6.45) is 0.379. The number of nitrogens with two attached hydrogens (primary N) is 1. The minimum Gasteiger partial charge on any atom is -0.493 e. The summed E-state index contributed by atoms with van der Waals surface area (Å²) in [6, 6.07) is 18.7. The SMILES string of the molecule is COc1ccc(S(=O)(=O)N(CCc2ccccc2)CC(=O)Nc2ccc(S(N)(=O)=O)cc2)cc1OC. The Hall–Kier alpha value is -3.45. The molecule has 3 aromatic rings. The smallest absolute Gasteiger partial charge is 0.243 e. The number of anilines is 1. The molecule has 0 aliphatic carbocycles. The van der Waals surface area contributed by atoms with E-state index in [0.29, 0.717) is 17.9 Å². The van der Waals surface area contributed by atoms with Gasteiger partial charge in [-0.25, -0.2) is 22.0 Å². The molecule has 0 unspecified atom stereocenters. The van der Waals surface area contributed by atoms with Gasteiger partial charge in [0.2, 0.25) is 26.0 Å². The van der Waals surface area contributed by atoms with E-state index in [9.17, 15) is 21.6 Å². The molecule has 0 saturated heterocycles. The van der Waals surface area contributed by atoms with E-state index in [2.05, 4.69) is 5.32 Å². The van der Waals surface area contributed by atoms with Crippen LogP contribution in [-0.2, 0) is 31.3 Å². The number of sulfonamides is 2. The van der Waals surface area contributed by atoms with Crippen LogP contribution >= 0.6 is 0 Å². The fourth-order valence-corrected chi connectivity index (χ4v) is 5.33. The number of ether oxygens (including phenoxy) is 2.